The number of carbonyl (C=O) groups excluding carboxylic acids is 2. The van der Waals surface area contributed by atoms with Gasteiger partial charge in [0.1, 0.15) is 6.61 Å². The Hall–Kier alpha value is -0.750. The predicted molar refractivity (Wildman–Crippen MR) is 98.5 cm³/mol. The molecule has 1 aromatic rings. The average Bonchev–Trinajstić information content (AvgIpc) is 2.50. The van der Waals surface area contributed by atoms with E-state index in [1.54, 1.807) is 37.3 Å². The Morgan fingerprint density at radius 2 is 1.83 bits per heavy atom. The highest BCUT2D eigenvalue weighted by molar-refractivity contribution is 9.10. The normalized spacial score (nSPS) is 12.9. The fraction of sp³-hybridized carbons (Fsp3) is 0.375. The Labute approximate surface area is 164 Å². The first-order valence-corrected chi connectivity index (χ1v) is 8.97. The van der Waals surface area contributed by atoms with Crippen LogP contribution in [0.5, 0.6) is 0 Å². The summed E-state index contributed by atoms with van der Waals surface area (Å²) in [7, 11) is 0. The van der Waals surface area contributed by atoms with Crippen molar-refractivity contribution in [2.24, 2.45) is 0 Å². The summed E-state index contributed by atoms with van der Waals surface area (Å²) in [4.78, 5) is 23.7. The van der Waals surface area contributed by atoms with E-state index < -0.39 is 21.6 Å². The van der Waals surface area contributed by atoms with Gasteiger partial charge in [-0.3, -0.25) is 4.79 Å². The highest BCUT2D eigenvalue weighted by Crippen LogP contribution is 2.28. The van der Waals surface area contributed by atoms with Crippen LogP contribution in [0.4, 0.5) is 0 Å². The quantitative estimate of drug-likeness (QED) is 0.329. The minimum atomic E-state index is -1.68. The van der Waals surface area contributed by atoms with Crippen molar-refractivity contribution in [1.82, 2.24) is 0 Å². The fourth-order valence-corrected chi connectivity index (χ4v) is 2.24. The Kier molecular flexibility index (Phi) is 9.13. The summed E-state index contributed by atoms with van der Waals surface area (Å²) in [6.07, 6.45) is 3.08. The lowest BCUT2D eigenvalue weighted by Gasteiger charge is -2.17. The van der Waals surface area contributed by atoms with Crippen molar-refractivity contribution in [1.29, 1.82) is 0 Å². The first-order valence-electron chi connectivity index (χ1n) is 7.05. The SMILES string of the molecule is CCOC(=O)/C=C/C[C@H](C(=O)OCC(Cl)(Cl)Cl)c1ccc(Br)cc1. The summed E-state index contributed by atoms with van der Waals surface area (Å²) in [6, 6.07) is 7.17. The molecule has 0 radical (unpaired) electrons. The molecule has 0 aliphatic heterocycles. The molecular weight excluding hydrogens is 442 g/mol. The Bertz CT molecular complexity index is 582. The molecule has 0 bridgehead atoms. The lowest BCUT2D eigenvalue weighted by atomic mass is 9.95. The molecule has 0 saturated heterocycles. The first-order chi connectivity index (χ1) is 11.2. The van der Waals surface area contributed by atoms with Crippen LogP contribution in [0, 0.1) is 0 Å². The van der Waals surface area contributed by atoms with Crippen molar-refractivity contribution in [3.05, 3.63) is 46.5 Å². The molecule has 0 heterocycles. The predicted octanol–water partition coefficient (Wildman–Crippen LogP) is 4.96. The minimum absolute atomic E-state index is 0.249. The summed E-state index contributed by atoms with van der Waals surface area (Å²) < 4.78 is 9.06. The Balaban J connectivity index is 2.84. The van der Waals surface area contributed by atoms with E-state index in [1.807, 2.05) is 0 Å². The molecule has 1 rings (SSSR count). The van der Waals surface area contributed by atoms with Crippen molar-refractivity contribution in [2.45, 2.75) is 23.1 Å². The molecule has 0 aliphatic carbocycles. The van der Waals surface area contributed by atoms with Crippen LogP contribution in [-0.4, -0.2) is 28.9 Å². The van der Waals surface area contributed by atoms with E-state index in [4.69, 9.17) is 44.3 Å². The number of alkyl halides is 3. The Morgan fingerprint density at radius 3 is 2.38 bits per heavy atom. The van der Waals surface area contributed by atoms with E-state index in [9.17, 15) is 9.59 Å². The van der Waals surface area contributed by atoms with Gasteiger partial charge in [-0.15, -0.1) is 0 Å². The zero-order valence-corrected chi connectivity index (χ0v) is 16.7. The molecule has 0 spiro atoms. The second kappa shape index (κ2) is 10.3. The van der Waals surface area contributed by atoms with Crippen molar-refractivity contribution < 1.29 is 19.1 Å². The fourth-order valence-electron chi connectivity index (χ4n) is 1.81. The number of ether oxygens (including phenoxy) is 2. The smallest absolute Gasteiger partial charge is 0.330 e. The van der Waals surface area contributed by atoms with Gasteiger partial charge >= 0.3 is 11.9 Å². The number of halogens is 4. The molecule has 1 atom stereocenters. The van der Waals surface area contributed by atoms with E-state index in [0.29, 0.717) is 0 Å². The van der Waals surface area contributed by atoms with Crippen molar-refractivity contribution in [3.8, 4) is 0 Å². The third-order valence-corrected chi connectivity index (χ3v) is 3.70. The molecule has 0 unspecified atom stereocenters. The number of carbonyl (C=O) groups is 2. The number of allylic oxidation sites excluding steroid dienone is 1. The van der Waals surface area contributed by atoms with E-state index in [1.165, 1.54) is 6.08 Å². The summed E-state index contributed by atoms with van der Waals surface area (Å²) in [6.45, 7) is 1.64. The van der Waals surface area contributed by atoms with E-state index in [0.717, 1.165) is 10.0 Å². The molecular formula is C16H16BrCl3O4. The van der Waals surface area contributed by atoms with Gasteiger partial charge in [-0.25, -0.2) is 4.79 Å². The third-order valence-electron chi connectivity index (χ3n) is 2.85. The average molecular weight is 459 g/mol. The highest BCUT2D eigenvalue weighted by atomic mass is 79.9. The Morgan fingerprint density at radius 1 is 1.21 bits per heavy atom. The topological polar surface area (TPSA) is 52.6 Å². The zero-order chi connectivity index (χ0) is 18.2. The van der Waals surface area contributed by atoms with E-state index in [-0.39, 0.29) is 19.6 Å². The number of hydrogen-bond acceptors (Lipinski definition) is 4. The van der Waals surface area contributed by atoms with Gasteiger partial charge in [-0.2, -0.15) is 0 Å². The lowest BCUT2D eigenvalue weighted by Crippen LogP contribution is -2.22. The molecule has 8 heteroatoms. The van der Waals surface area contributed by atoms with Crippen LogP contribution >= 0.6 is 50.7 Å². The molecule has 0 N–H and O–H groups in total. The lowest BCUT2D eigenvalue weighted by molar-refractivity contribution is -0.145. The van der Waals surface area contributed by atoms with E-state index >= 15 is 0 Å². The van der Waals surface area contributed by atoms with Crippen molar-refractivity contribution in [2.75, 3.05) is 13.2 Å². The molecule has 0 saturated carbocycles. The zero-order valence-electron chi connectivity index (χ0n) is 12.8. The highest BCUT2D eigenvalue weighted by Gasteiger charge is 2.26. The maximum atomic E-state index is 12.3. The van der Waals surface area contributed by atoms with E-state index in [2.05, 4.69) is 15.9 Å². The number of esters is 2. The number of benzene rings is 1. The monoisotopic (exact) mass is 456 g/mol. The molecule has 24 heavy (non-hydrogen) atoms. The van der Waals surface area contributed by atoms with Gasteiger partial charge in [0.05, 0.1) is 12.5 Å². The first kappa shape index (κ1) is 21.3. The second-order valence-corrected chi connectivity index (χ2v) is 8.15. The van der Waals surface area contributed by atoms with Crippen LogP contribution in [0.15, 0.2) is 40.9 Å². The maximum Gasteiger partial charge on any atom is 0.330 e. The van der Waals surface area contributed by atoms with Gasteiger partial charge in [0.25, 0.3) is 0 Å². The van der Waals surface area contributed by atoms with Crippen LogP contribution < -0.4 is 0 Å². The summed E-state index contributed by atoms with van der Waals surface area (Å²) in [5.74, 6) is -1.64. The van der Waals surface area contributed by atoms with Gasteiger partial charge in [0.15, 0.2) is 0 Å². The maximum absolute atomic E-state index is 12.3. The molecule has 132 valence electrons. The van der Waals surface area contributed by atoms with Crippen LogP contribution in [-0.2, 0) is 19.1 Å². The molecule has 4 nitrogen and oxygen atoms in total. The van der Waals surface area contributed by atoms with Crippen LogP contribution in [0.3, 0.4) is 0 Å². The molecule has 0 fully saturated rings. The third kappa shape index (κ3) is 8.38. The van der Waals surface area contributed by atoms with Crippen LogP contribution in [0.2, 0.25) is 0 Å². The van der Waals surface area contributed by atoms with Gasteiger partial charge in [0.2, 0.25) is 3.79 Å². The summed E-state index contributed by atoms with van der Waals surface area (Å²) in [5.41, 5.74) is 0.723. The van der Waals surface area contributed by atoms with Gasteiger partial charge in [-0.1, -0.05) is 68.9 Å². The molecule has 0 aromatic heterocycles. The summed E-state index contributed by atoms with van der Waals surface area (Å²) in [5, 5.41) is 0. The van der Waals surface area contributed by atoms with Gasteiger partial charge in [0, 0.05) is 10.5 Å². The van der Waals surface area contributed by atoms with Crippen molar-refractivity contribution >= 4 is 62.7 Å². The molecule has 1 aromatic carbocycles. The summed E-state index contributed by atoms with van der Waals surface area (Å²) >= 11 is 20.1. The van der Waals surface area contributed by atoms with Crippen LogP contribution in [0.25, 0.3) is 0 Å². The van der Waals surface area contributed by atoms with Gasteiger partial charge in [-0.05, 0) is 31.0 Å². The van der Waals surface area contributed by atoms with Crippen molar-refractivity contribution in [3.63, 3.8) is 0 Å². The van der Waals surface area contributed by atoms with Gasteiger partial charge < -0.3 is 9.47 Å². The second-order valence-electron chi connectivity index (χ2n) is 4.72. The molecule has 0 aliphatic rings. The van der Waals surface area contributed by atoms with Crippen LogP contribution in [0.1, 0.15) is 24.8 Å². The molecule has 0 amide bonds. The standard InChI is InChI=1S/C16H16BrCl3O4/c1-2-23-14(21)5-3-4-13(11-6-8-12(17)9-7-11)15(22)24-10-16(18,19)20/h3,5-9,13H,2,4,10H2,1H3/b5-3+/t13-/m0/s1. The number of hydrogen-bond donors (Lipinski definition) is 0. The minimum Gasteiger partial charge on any atom is -0.463 e. The number of rotatable bonds is 7. The largest absolute Gasteiger partial charge is 0.463 e.